The average Bonchev–Trinajstić information content (AvgIpc) is 3.36. The molecule has 0 bridgehead atoms. The molecule has 1 amide bonds. The first-order valence-electron chi connectivity index (χ1n) is 11.4. The number of hydrogen-bond acceptors (Lipinski definition) is 6. The van der Waals surface area contributed by atoms with Crippen LogP contribution >= 0.6 is 11.3 Å². The number of likely N-dealkylation sites (tertiary alicyclic amines) is 2. The average molecular weight is 444 g/mol. The number of thiazole rings is 1. The van der Waals surface area contributed by atoms with Crippen LogP contribution in [-0.2, 0) is 16.8 Å². The van der Waals surface area contributed by atoms with E-state index in [4.69, 9.17) is 9.72 Å². The Bertz CT molecular complexity index is 866. The van der Waals surface area contributed by atoms with Crippen LogP contribution in [0.5, 0.6) is 5.75 Å². The fraction of sp³-hybridized carbons (Fsp3) is 0.583. The molecular weight excluding hydrogens is 410 g/mol. The molecule has 2 aliphatic rings. The van der Waals surface area contributed by atoms with E-state index in [1.807, 2.05) is 42.2 Å². The van der Waals surface area contributed by atoms with Crippen molar-refractivity contribution in [3.63, 3.8) is 0 Å². The molecule has 7 heteroatoms. The highest BCUT2D eigenvalue weighted by molar-refractivity contribution is 7.11. The number of rotatable bonds is 7. The molecule has 1 aromatic carbocycles. The Morgan fingerprint density at radius 1 is 1.13 bits per heavy atom. The summed E-state index contributed by atoms with van der Waals surface area (Å²) in [5, 5.41) is 12.2. The van der Waals surface area contributed by atoms with Gasteiger partial charge in [-0.1, -0.05) is 18.2 Å². The number of carbonyl (C=O) groups excluding carboxylic acids is 1. The van der Waals surface area contributed by atoms with Crippen molar-refractivity contribution in [3.8, 4) is 5.75 Å². The van der Waals surface area contributed by atoms with Gasteiger partial charge in [0.2, 0.25) is 5.91 Å². The maximum Gasteiger partial charge on any atom is 0.236 e. The first-order valence-corrected chi connectivity index (χ1v) is 12.2. The number of benzene rings is 1. The summed E-state index contributed by atoms with van der Waals surface area (Å²) in [7, 11) is 0. The van der Waals surface area contributed by atoms with Gasteiger partial charge >= 0.3 is 0 Å². The largest absolute Gasteiger partial charge is 0.493 e. The Kier molecular flexibility index (Phi) is 7.25. The molecule has 0 aliphatic carbocycles. The molecule has 1 N–H and O–H groups in total. The number of amides is 1. The van der Waals surface area contributed by atoms with Crippen molar-refractivity contribution >= 4 is 17.2 Å². The Labute approximate surface area is 188 Å². The van der Waals surface area contributed by atoms with Crippen LogP contribution in [0.2, 0.25) is 0 Å². The Balaban J connectivity index is 1.34. The highest BCUT2D eigenvalue weighted by Gasteiger charge is 2.36. The lowest BCUT2D eigenvalue weighted by atomic mass is 9.96. The molecule has 168 valence electrons. The molecule has 4 rings (SSSR count). The maximum atomic E-state index is 12.7. The molecule has 6 nitrogen and oxygen atoms in total. The number of hydrogen-bond donors (Lipinski definition) is 1. The van der Waals surface area contributed by atoms with Crippen molar-refractivity contribution in [1.82, 2.24) is 14.8 Å². The SMILES string of the molecule is Cc1nc(C2(O)CCCN(C(=O)CN3CCCC3)CC2)sc1CCOc1ccccc1. The van der Waals surface area contributed by atoms with Gasteiger partial charge in [0, 0.05) is 30.8 Å². The fourth-order valence-electron chi connectivity index (χ4n) is 4.45. The van der Waals surface area contributed by atoms with E-state index in [0.717, 1.165) is 53.8 Å². The molecule has 0 spiro atoms. The van der Waals surface area contributed by atoms with Gasteiger partial charge in [-0.25, -0.2) is 4.98 Å². The minimum Gasteiger partial charge on any atom is -0.493 e. The van der Waals surface area contributed by atoms with Crippen LogP contribution in [0.1, 0.15) is 47.7 Å². The normalized spacial score (nSPS) is 22.5. The number of carbonyl (C=O) groups is 1. The maximum absolute atomic E-state index is 12.7. The second-order valence-corrected chi connectivity index (χ2v) is 9.77. The third kappa shape index (κ3) is 5.64. The number of nitrogens with zero attached hydrogens (tertiary/aromatic N) is 3. The molecule has 0 radical (unpaired) electrons. The van der Waals surface area contributed by atoms with Crippen molar-refractivity contribution in [2.24, 2.45) is 0 Å². The van der Waals surface area contributed by atoms with Crippen molar-refractivity contribution in [2.75, 3.05) is 39.3 Å². The fourth-order valence-corrected chi connectivity index (χ4v) is 5.64. The van der Waals surface area contributed by atoms with Gasteiger partial charge in [-0.05, 0) is 57.8 Å². The quantitative estimate of drug-likeness (QED) is 0.711. The van der Waals surface area contributed by atoms with Gasteiger partial charge in [0.05, 0.1) is 18.8 Å². The zero-order valence-electron chi connectivity index (χ0n) is 18.4. The van der Waals surface area contributed by atoms with E-state index < -0.39 is 5.60 Å². The number of aliphatic hydroxyl groups is 1. The van der Waals surface area contributed by atoms with Gasteiger partial charge < -0.3 is 14.7 Å². The van der Waals surface area contributed by atoms with Crippen LogP contribution in [0.3, 0.4) is 0 Å². The zero-order valence-corrected chi connectivity index (χ0v) is 19.2. The summed E-state index contributed by atoms with van der Waals surface area (Å²) in [5.74, 6) is 1.06. The third-order valence-corrected chi connectivity index (χ3v) is 7.77. The molecule has 1 unspecified atom stereocenters. The second-order valence-electron chi connectivity index (χ2n) is 8.69. The first kappa shape index (κ1) is 22.2. The van der Waals surface area contributed by atoms with E-state index in [1.165, 1.54) is 12.8 Å². The molecule has 1 aromatic heterocycles. The molecule has 2 aliphatic heterocycles. The standard InChI is InChI=1S/C24H33N3O3S/c1-19-21(10-17-30-20-8-3-2-4-9-20)31-23(25-19)24(29)11-7-15-27(16-12-24)22(28)18-26-13-5-6-14-26/h2-4,8-9,29H,5-7,10-18H2,1H3. The van der Waals surface area contributed by atoms with Gasteiger partial charge in [-0.2, -0.15) is 0 Å². The van der Waals surface area contributed by atoms with Crippen LogP contribution in [0, 0.1) is 6.92 Å². The van der Waals surface area contributed by atoms with Gasteiger partial charge in [0.15, 0.2) is 0 Å². The molecule has 0 saturated carbocycles. The summed E-state index contributed by atoms with van der Waals surface area (Å²) >= 11 is 1.59. The van der Waals surface area contributed by atoms with Crippen LogP contribution in [-0.4, -0.2) is 65.1 Å². The van der Waals surface area contributed by atoms with E-state index in [9.17, 15) is 9.90 Å². The van der Waals surface area contributed by atoms with Crippen molar-refractivity contribution < 1.29 is 14.6 Å². The predicted octanol–water partition coefficient (Wildman–Crippen LogP) is 3.37. The van der Waals surface area contributed by atoms with Crippen molar-refractivity contribution in [3.05, 3.63) is 45.9 Å². The van der Waals surface area contributed by atoms with E-state index in [1.54, 1.807) is 11.3 Å². The van der Waals surface area contributed by atoms with Crippen LogP contribution in [0.25, 0.3) is 0 Å². The Morgan fingerprint density at radius 2 is 1.90 bits per heavy atom. The highest BCUT2D eigenvalue weighted by Crippen LogP contribution is 2.36. The van der Waals surface area contributed by atoms with Gasteiger partial charge in [0.1, 0.15) is 16.4 Å². The molecular formula is C24H33N3O3S. The number of aromatic nitrogens is 1. The zero-order chi connectivity index (χ0) is 21.7. The molecule has 2 aromatic rings. The van der Waals surface area contributed by atoms with Crippen molar-refractivity contribution in [2.45, 2.75) is 51.0 Å². The lowest BCUT2D eigenvalue weighted by Gasteiger charge is -2.26. The topological polar surface area (TPSA) is 65.9 Å². The summed E-state index contributed by atoms with van der Waals surface area (Å²) < 4.78 is 5.83. The number of aryl methyl sites for hydroxylation is 1. The van der Waals surface area contributed by atoms with Gasteiger partial charge in [-0.15, -0.1) is 11.3 Å². The smallest absolute Gasteiger partial charge is 0.236 e. The van der Waals surface area contributed by atoms with E-state index in [0.29, 0.717) is 32.5 Å². The first-order chi connectivity index (χ1) is 15.0. The molecule has 3 heterocycles. The third-order valence-electron chi connectivity index (χ3n) is 6.36. The van der Waals surface area contributed by atoms with Crippen LogP contribution in [0.4, 0.5) is 0 Å². The molecule has 2 saturated heterocycles. The predicted molar refractivity (Wildman–Crippen MR) is 122 cm³/mol. The lowest BCUT2D eigenvalue weighted by molar-refractivity contribution is -0.132. The van der Waals surface area contributed by atoms with E-state index in [-0.39, 0.29) is 5.91 Å². The summed E-state index contributed by atoms with van der Waals surface area (Å²) in [6.45, 7) is 6.47. The molecule has 2 fully saturated rings. The molecule has 1 atom stereocenters. The Morgan fingerprint density at radius 3 is 2.68 bits per heavy atom. The highest BCUT2D eigenvalue weighted by atomic mass is 32.1. The number of para-hydroxylation sites is 1. The summed E-state index contributed by atoms with van der Waals surface area (Å²) in [6.07, 6.45) is 5.14. The minimum atomic E-state index is -0.948. The van der Waals surface area contributed by atoms with Crippen LogP contribution < -0.4 is 4.74 Å². The summed E-state index contributed by atoms with van der Waals surface area (Å²) in [5.41, 5.74) is 0.0210. The molecule has 31 heavy (non-hydrogen) atoms. The van der Waals surface area contributed by atoms with Gasteiger partial charge in [-0.3, -0.25) is 9.69 Å². The van der Waals surface area contributed by atoms with E-state index >= 15 is 0 Å². The van der Waals surface area contributed by atoms with Crippen molar-refractivity contribution in [1.29, 1.82) is 0 Å². The van der Waals surface area contributed by atoms with E-state index in [2.05, 4.69) is 4.90 Å². The monoisotopic (exact) mass is 443 g/mol. The lowest BCUT2D eigenvalue weighted by Crippen LogP contribution is -2.40. The number of ether oxygens (including phenoxy) is 1. The Hall–Kier alpha value is -1.96. The van der Waals surface area contributed by atoms with Gasteiger partial charge in [0.25, 0.3) is 0 Å². The summed E-state index contributed by atoms with van der Waals surface area (Å²) in [6, 6.07) is 9.81. The second kappa shape index (κ2) is 10.1. The minimum absolute atomic E-state index is 0.195. The summed E-state index contributed by atoms with van der Waals surface area (Å²) in [4.78, 5) is 22.8. The van der Waals surface area contributed by atoms with Crippen LogP contribution in [0.15, 0.2) is 30.3 Å².